The van der Waals surface area contributed by atoms with Crippen LogP contribution < -0.4 is 5.32 Å². The Morgan fingerprint density at radius 3 is 2.45 bits per heavy atom. The van der Waals surface area contributed by atoms with Gasteiger partial charge >= 0.3 is 5.97 Å². The maximum Gasteiger partial charge on any atom is 0.323 e. The van der Waals surface area contributed by atoms with Gasteiger partial charge in [-0.2, -0.15) is 0 Å². The Balaban J connectivity index is 2.02. The molecule has 2 fully saturated rings. The first-order valence-electron chi connectivity index (χ1n) is 8.40. The quantitative estimate of drug-likeness (QED) is 0.778. The summed E-state index contributed by atoms with van der Waals surface area (Å²) in [6.45, 7) is 5.13. The van der Waals surface area contributed by atoms with Crippen molar-refractivity contribution in [2.45, 2.75) is 76.3 Å². The van der Waals surface area contributed by atoms with Gasteiger partial charge in [-0.15, -0.1) is 0 Å². The summed E-state index contributed by atoms with van der Waals surface area (Å²) in [6, 6.07) is 0.404. The predicted molar refractivity (Wildman–Crippen MR) is 81.0 cm³/mol. The fraction of sp³-hybridized carbons (Fsp3) is 0.938. The molecule has 0 spiro atoms. The maximum atomic E-state index is 11.9. The van der Waals surface area contributed by atoms with Crippen molar-refractivity contribution < 1.29 is 9.90 Å². The van der Waals surface area contributed by atoms with Crippen molar-refractivity contribution in [2.24, 2.45) is 0 Å². The normalized spacial score (nSPS) is 30.6. The van der Waals surface area contributed by atoms with Crippen LogP contribution >= 0.6 is 0 Å². The van der Waals surface area contributed by atoms with Crippen molar-refractivity contribution >= 4 is 5.97 Å². The molecule has 0 bridgehead atoms. The third kappa shape index (κ3) is 3.95. The molecule has 0 aromatic carbocycles. The molecule has 1 heterocycles. The van der Waals surface area contributed by atoms with E-state index in [9.17, 15) is 9.90 Å². The zero-order valence-corrected chi connectivity index (χ0v) is 12.9. The molecule has 0 aromatic rings. The molecule has 116 valence electrons. The molecule has 4 heteroatoms. The minimum atomic E-state index is -0.682. The van der Waals surface area contributed by atoms with Crippen molar-refractivity contribution in [3.63, 3.8) is 0 Å². The first-order chi connectivity index (χ1) is 9.66. The number of carboxylic acids is 1. The largest absolute Gasteiger partial charge is 0.480 e. The molecule has 1 saturated heterocycles. The lowest BCUT2D eigenvalue weighted by molar-refractivity contribution is -0.146. The van der Waals surface area contributed by atoms with E-state index in [1.54, 1.807) is 0 Å². The van der Waals surface area contributed by atoms with Crippen molar-refractivity contribution in [3.8, 4) is 0 Å². The summed E-state index contributed by atoms with van der Waals surface area (Å²) >= 11 is 0. The zero-order valence-electron chi connectivity index (χ0n) is 12.9. The summed E-state index contributed by atoms with van der Waals surface area (Å²) in [5.41, 5.74) is -0.682. The molecule has 20 heavy (non-hydrogen) atoms. The van der Waals surface area contributed by atoms with Gasteiger partial charge in [0.05, 0.1) is 0 Å². The van der Waals surface area contributed by atoms with Gasteiger partial charge < -0.3 is 10.0 Å². The van der Waals surface area contributed by atoms with Gasteiger partial charge in [-0.1, -0.05) is 32.6 Å². The van der Waals surface area contributed by atoms with Crippen molar-refractivity contribution in [2.75, 3.05) is 19.6 Å². The number of nitrogens with zero attached hydrogens (tertiary/aromatic N) is 1. The minimum Gasteiger partial charge on any atom is -0.480 e. The van der Waals surface area contributed by atoms with Gasteiger partial charge in [0.2, 0.25) is 0 Å². The van der Waals surface area contributed by atoms with Gasteiger partial charge in [-0.05, 0) is 45.2 Å². The third-order valence-electron chi connectivity index (χ3n) is 5.12. The summed E-state index contributed by atoms with van der Waals surface area (Å²) in [6.07, 6.45) is 9.90. The molecule has 0 aromatic heterocycles. The highest BCUT2D eigenvalue weighted by molar-refractivity contribution is 5.79. The van der Waals surface area contributed by atoms with Crippen molar-refractivity contribution in [1.29, 1.82) is 0 Å². The number of carboxylic acid groups (broad SMARTS) is 1. The van der Waals surface area contributed by atoms with E-state index < -0.39 is 11.5 Å². The lowest BCUT2D eigenvalue weighted by Gasteiger charge is -2.34. The van der Waals surface area contributed by atoms with E-state index >= 15 is 0 Å². The average Bonchev–Trinajstić information content (AvgIpc) is 2.80. The standard InChI is InChI=1S/C16H30N2O2/c1-2-18-12-7-10-16(11-13-18,15(19)20)17-14-8-5-3-4-6-9-14/h14,17H,2-13H2,1H3,(H,19,20). The first kappa shape index (κ1) is 15.8. The molecule has 0 amide bonds. The molecular weight excluding hydrogens is 252 g/mol. The van der Waals surface area contributed by atoms with Gasteiger partial charge in [0, 0.05) is 12.6 Å². The Labute approximate surface area is 122 Å². The number of rotatable bonds is 4. The Bertz CT molecular complexity index is 314. The Kier molecular flexibility index (Phi) is 5.85. The maximum absolute atomic E-state index is 11.9. The number of carbonyl (C=O) groups is 1. The molecule has 1 aliphatic heterocycles. The number of nitrogens with one attached hydrogen (secondary N) is 1. The summed E-state index contributed by atoms with van der Waals surface area (Å²) in [5.74, 6) is -0.639. The fourth-order valence-corrected chi connectivity index (χ4v) is 3.74. The Morgan fingerprint density at radius 2 is 1.85 bits per heavy atom. The highest BCUT2D eigenvalue weighted by atomic mass is 16.4. The third-order valence-corrected chi connectivity index (χ3v) is 5.12. The summed E-state index contributed by atoms with van der Waals surface area (Å²) in [5, 5.41) is 13.4. The minimum absolute atomic E-state index is 0.404. The van der Waals surface area contributed by atoms with E-state index in [0.29, 0.717) is 6.04 Å². The molecule has 1 atom stereocenters. The van der Waals surface area contributed by atoms with Gasteiger partial charge in [-0.3, -0.25) is 10.1 Å². The van der Waals surface area contributed by atoms with Crippen LogP contribution in [0.25, 0.3) is 0 Å². The summed E-state index contributed by atoms with van der Waals surface area (Å²) < 4.78 is 0. The Hall–Kier alpha value is -0.610. The van der Waals surface area contributed by atoms with Crippen LogP contribution in [0.2, 0.25) is 0 Å². The van der Waals surface area contributed by atoms with Gasteiger partial charge in [-0.25, -0.2) is 0 Å². The molecule has 0 radical (unpaired) electrons. The average molecular weight is 282 g/mol. The van der Waals surface area contributed by atoms with Crippen LogP contribution in [-0.4, -0.2) is 47.2 Å². The first-order valence-corrected chi connectivity index (χ1v) is 8.40. The van der Waals surface area contributed by atoms with Crippen LogP contribution in [0.5, 0.6) is 0 Å². The summed E-state index contributed by atoms with van der Waals surface area (Å²) in [4.78, 5) is 14.3. The second kappa shape index (κ2) is 7.41. The molecule has 1 unspecified atom stereocenters. The smallest absolute Gasteiger partial charge is 0.323 e. The topological polar surface area (TPSA) is 52.6 Å². The van der Waals surface area contributed by atoms with E-state index in [0.717, 1.165) is 51.7 Å². The van der Waals surface area contributed by atoms with Crippen molar-refractivity contribution in [3.05, 3.63) is 0 Å². The molecule has 2 aliphatic rings. The predicted octanol–water partition coefficient (Wildman–Crippen LogP) is 2.63. The van der Waals surface area contributed by atoms with E-state index in [2.05, 4.69) is 17.1 Å². The molecule has 4 nitrogen and oxygen atoms in total. The van der Waals surface area contributed by atoms with E-state index in [1.807, 2.05) is 0 Å². The Morgan fingerprint density at radius 1 is 1.15 bits per heavy atom. The SMILES string of the molecule is CCN1CCCC(NC2CCCCCC2)(C(=O)O)CC1. The van der Waals surface area contributed by atoms with Gasteiger partial charge in [0.25, 0.3) is 0 Å². The van der Waals surface area contributed by atoms with E-state index in [-0.39, 0.29) is 0 Å². The van der Waals surface area contributed by atoms with Gasteiger partial charge in [0.15, 0.2) is 0 Å². The van der Waals surface area contributed by atoms with Crippen LogP contribution in [0.15, 0.2) is 0 Å². The second-order valence-electron chi connectivity index (χ2n) is 6.51. The number of likely N-dealkylation sites (tertiary alicyclic amines) is 1. The zero-order chi connectivity index (χ0) is 14.4. The highest BCUT2D eigenvalue weighted by Crippen LogP contribution is 2.27. The molecule has 1 saturated carbocycles. The molecule has 1 aliphatic carbocycles. The van der Waals surface area contributed by atoms with Gasteiger partial charge in [0.1, 0.15) is 5.54 Å². The van der Waals surface area contributed by atoms with Crippen LogP contribution in [0.4, 0.5) is 0 Å². The second-order valence-corrected chi connectivity index (χ2v) is 6.51. The molecular formula is C16H30N2O2. The monoisotopic (exact) mass is 282 g/mol. The highest BCUT2D eigenvalue weighted by Gasteiger charge is 2.41. The fourth-order valence-electron chi connectivity index (χ4n) is 3.74. The lowest BCUT2D eigenvalue weighted by atomic mass is 9.88. The van der Waals surface area contributed by atoms with Crippen LogP contribution in [0.1, 0.15) is 64.7 Å². The number of hydrogen-bond donors (Lipinski definition) is 2. The van der Waals surface area contributed by atoms with Crippen LogP contribution in [0, 0.1) is 0 Å². The summed E-state index contributed by atoms with van der Waals surface area (Å²) in [7, 11) is 0. The van der Waals surface area contributed by atoms with Crippen LogP contribution in [0.3, 0.4) is 0 Å². The van der Waals surface area contributed by atoms with E-state index in [4.69, 9.17) is 0 Å². The molecule has 2 rings (SSSR count). The number of aliphatic carboxylic acids is 1. The van der Waals surface area contributed by atoms with E-state index in [1.165, 1.54) is 25.7 Å². The van der Waals surface area contributed by atoms with Crippen LogP contribution in [-0.2, 0) is 4.79 Å². The lowest BCUT2D eigenvalue weighted by Crippen LogP contribution is -2.56. The van der Waals surface area contributed by atoms with Crippen molar-refractivity contribution in [1.82, 2.24) is 10.2 Å². The molecule has 2 N–H and O–H groups in total. The number of hydrogen-bond acceptors (Lipinski definition) is 3.